The van der Waals surface area contributed by atoms with E-state index >= 15 is 0 Å². The van der Waals surface area contributed by atoms with Crippen LogP contribution in [0, 0.1) is 10.1 Å². The summed E-state index contributed by atoms with van der Waals surface area (Å²) in [5.41, 5.74) is 1.91. The van der Waals surface area contributed by atoms with Crippen molar-refractivity contribution in [3.05, 3.63) is 87.1 Å². The normalized spacial score (nSPS) is 16.2. The van der Waals surface area contributed by atoms with E-state index < -0.39 is 23.0 Å². The number of nitro groups is 1. The fourth-order valence-electron chi connectivity index (χ4n) is 3.02. The number of hydrogen-bond donors (Lipinski definition) is 2. The first-order chi connectivity index (χ1) is 13.5. The van der Waals surface area contributed by atoms with Crippen molar-refractivity contribution >= 4 is 17.7 Å². The highest BCUT2D eigenvalue weighted by Gasteiger charge is 2.32. The maximum Gasteiger partial charge on any atom is 0.338 e. The average Bonchev–Trinajstić information content (AvgIpc) is 2.68. The number of esters is 1. The molecule has 1 aliphatic rings. The molecule has 0 fully saturated rings. The molecule has 8 heteroatoms. The predicted octanol–water partition coefficient (Wildman–Crippen LogP) is 3.01. The molecule has 144 valence electrons. The van der Waals surface area contributed by atoms with Crippen LogP contribution in [0.25, 0.3) is 0 Å². The highest BCUT2D eigenvalue weighted by atomic mass is 16.6. The largest absolute Gasteiger partial charge is 0.462 e. The van der Waals surface area contributed by atoms with Gasteiger partial charge in [-0.25, -0.2) is 9.59 Å². The Balaban J connectivity index is 1.80. The molecular weight excluding hydrogens is 362 g/mol. The first kappa shape index (κ1) is 19.1. The van der Waals surface area contributed by atoms with Crippen molar-refractivity contribution in [2.24, 2.45) is 0 Å². The van der Waals surface area contributed by atoms with Crippen LogP contribution in [-0.4, -0.2) is 23.5 Å². The molecule has 1 heterocycles. The van der Waals surface area contributed by atoms with Gasteiger partial charge >= 0.3 is 12.0 Å². The second-order valence-electron chi connectivity index (χ2n) is 6.29. The number of ether oxygens (including phenoxy) is 1. The number of rotatable bonds is 6. The Hall–Kier alpha value is -3.68. The number of nitrogens with zero attached hydrogens (tertiary/aromatic N) is 1. The van der Waals surface area contributed by atoms with Crippen LogP contribution in [0.1, 0.15) is 24.1 Å². The van der Waals surface area contributed by atoms with Gasteiger partial charge in [-0.15, -0.1) is 0 Å². The van der Waals surface area contributed by atoms with E-state index in [1.807, 2.05) is 30.3 Å². The van der Waals surface area contributed by atoms with Gasteiger partial charge in [0.1, 0.15) is 0 Å². The van der Waals surface area contributed by atoms with Crippen molar-refractivity contribution in [1.82, 2.24) is 10.6 Å². The molecule has 0 saturated heterocycles. The van der Waals surface area contributed by atoms with Gasteiger partial charge in [0, 0.05) is 24.3 Å². The van der Waals surface area contributed by atoms with E-state index in [0.717, 1.165) is 5.56 Å². The van der Waals surface area contributed by atoms with Crippen LogP contribution in [-0.2, 0) is 16.0 Å². The van der Waals surface area contributed by atoms with E-state index in [1.54, 1.807) is 13.0 Å². The summed E-state index contributed by atoms with van der Waals surface area (Å²) in [6, 6.07) is 14.1. The highest BCUT2D eigenvalue weighted by Crippen LogP contribution is 2.29. The van der Waals surface area contributed by atoms with E-state index in [4.69, 9.17) is 4.74 Å². The maximum atomic E-state index is 12.7. The third-order valence-corrected chi connectivity index (χ3v) is 4.37. The van der Waals surface area contributed by atoms with Gasteiger partial charge in [-0.05, 0) is 18.1 Å². The molecule has 2 aromatic rings. The minimum atomic E-state index is -0.835. The summed E-state index contributed by atoms with van der Waals surface area (Å²) in [7, 11) is 0. The van der Waals surface area contributed by atoms with E-state index in [9.17, 15) is 19.7 Å². The lowest BCUT2D eigenvalue weighted by atomic mass is 9.95. The number of carbonyl (C=O) groups is 2. The van der Waals surface area contributed by atoms with Crippen LogP contribution in [0.4, 0.5) is 10.5 Å². The Bertz CT molecular complexity index is 940. The van der Waals surface area contributed by atoms with Gasteiger partial charge in [0.15, 0.2) is 0 Å². The van der Waals surface area contributed by atoms with Crippen LogP contribution in [0.15, 0.2) is 65.9 Å². The number of nitrogens with one attached hydrogen (secondary N) is 2. The zero-order valence-corrected chi connectivity index (χ0v) is 15.2. The molecule has 28 heavy (non-hydrogen) atoms. The zero-order chi connectivity index (χ0) is 20.1. The summed E-state index contributed by atoms with van der Waals surface area (Å²) in [5, 5.41) is 16.2. The van der Waals surface area contributed by atoms with Gasteiger partial charge in [0.25, 0.3) is 5.69 Å². The smallest absolute Gasteiger partial charge is 0.338 e. The van der Waals surface area contributed by atoms with Gasteiger partial charge < -0.3 is 15.4 Å². The van der Waals surface area contributed by atoms with Crippen molar-refractivity contribution in [2.45, 2.75) is 19.4 Å². The lowest BCUT2D eigenvalue weighted by Gasteiger charge is -2.28. The minimum Gasteiger partial charge on any atom is -0.462 e. The number of allylic oxidation sites excluding steroid dienone is 1. The fourth-order valence-corrected chi connectivity index (χ4v) is 3.02. The SMILES string of the molecule is CC1=C(C(=O)OCCc2ccccc2)[C@@H](c2cccc([N+](=O)[O-])c2)NC(=O)N1. The number of hydrogen-bond acceptors (Lipinski definition) is 5. The van der Waals surface area contributed by atoms with Crippen molar-refractivity contribution in [2.75, 3.05) is 6.61 Å². The van der Waals surface area contributed by atoms with E-state index in [0.29, 0.717) is 17.7 Å². The zero-order valence-electron chi connectivity index (χ0n) is 15.2. The number of amides is 2. The Morgan fingerprint density at radius 2 is 1.93 bits per heavy atom. The monoisotopic (exact) mass is 381 g/mol. The predicted molar refractivity (Wildman–Crippen MR) is 101 cm³/mol. The minimum absolute atomic E-state index is 0.125. The highest BCUT2D eigenvalue weighted by molar-refractivity contribution is 5.95. The van der Waals surface area contributed by atoms with Crippen LogP contribution >= 0.6 is 0 Å². The Morgan fingerprint density at radius 1 is 1.18 bits per heavy atom. The molecule has 0 unspecified atom stereocenters. The molecule has 1 atom stereocenters. The number of benzene rings is 2. The van der Waals surface area contributed by atoms with E-state index in [1.165, 1.54) is 18.2 Å². The molecular formula is C20H19N3O5. The number of non-ortho nitro benzene ring substituents is 1. The summed E-state index contributed by atoms with van der Waals surface area (Å²) in [6.45, 7) is 1.77. The molecule has 2 N–H and O–H groups in total. The first-order valence-electron chi connectivity index (χ1n) is 8.69. The molecule has 8 nitrogen and oxygen atoms in total. The number of carbonyl (C=O) groups excluding carboxylic acids is 2. The van der Waals surface area contributed by atoms with E-state index in [-0.39, 0.29) is 17.9 Å². The third-order valence-electron chi connectivity index (χ3n) is 4.37. The van der Waals surface area contributed by atoms with Crippen LogP contribution < -0.4 is 10.6 Å². The third kappa shape index (κ3) is 4.35. The maximum absolute atomic E-state index is 12.7. The molecule has 0 radical (unpaired) electrons. The summed E-state index contributed by atoms with van der Waals surface area (Å²) >= 11 is 0. The van der Waals surface area contributed by atoms with Crippen molar-refractivity contribution < 1.29 is 19.2 Å². The molecule has 1 aliphatic heterocycles. The molecule has 0 aromatic heterocycles. The van der Waals surface area contributed by atoms with E-state index in [2.05, 4.69) is 10.6 Å². The summed E-state index contributed by atoms with van der Waals surface area (Å²) in [4.78, 5) is 35.1. The van der Waals surface area contributed by atoms with Crippen molar-refractivity contribution in [1.29, 1.82) is 0 Å². The van der Waals surface area contributed by atoms with Crippen LogP contribution in [0.2, 0.25) is 0 Å². The Labute approximate surface area is 161 Å². The van der Waals surface area contributed by atoms with Gasteiger partial charge in [-0.2, -0.15) is 0 Å². The second-order valence-corrected chi connectivity index (χ2v) is 6.29. The Kier molecular flexibility index (Phi) is 5.69. The standard InChI is InChI=1S/C20H19N3O5/c1-13-17(19(24)28-11-10-14-6-3-2-4-7-14)18(22-20(25)21-13)15-8-5-9-16(12-15)23(26)27/h2-9,12,18H,10-11H2,1H3,(H2,21,22,25)/t18-/m1/s1. The van der Waals surface area contributed by atoms with Gasteiger partial charge in [0.2, 0.25) is 0 Å². The topological polar surface area (TPSA) is 111 Å². The van der Waals surface area contributed by atoms with Crippen molar-refractivity contribution in [3.8, 4) is 0 Å². The molecule has 0 aliphatic carbocycles. The molecule has 2 aromatic carbocycles. The summed E-state index contributed by atoms with van der Waals surface area (Å²) in [5.74, 6) is -0.586. The average molecular weight is 381 g/mol. The molecule has 0 saturated carbocycles. The summed E-state index contributed by atoms with van der Waals surface area (Å²) < 4.78 is 5.40. The number of nitro benzene ring substituents is 1. The fraction of sp³-hybridized carbons (Fsp3) is 0.200. The molecule has 0 spiro atoms. The summed E-state index contributed by atoms with van der Waals surface area (Å²) in [6.07, 6.45) is 0.556. The molecule has 3 rings (SSSR count). The lowest BCUT2D eigenvalue weighted by molar-refractivity contribution is -0.384. The molecule has 2 amide bonds. The first-order valence-corrected chi connectivity index (χ1v) is 8.69. The Morgan fingerprint density at radius 3 is 2.64 bits per heavy atom. The van der Waals surface area contributed by atoms with Gasteiger partial charge in [-0.1, -0.05) is 42.5 Å². The quantitative estimate of drug-likeness (QED) is 0.454. The van der Waals surface area contributed by atoms with Crippen molar-refractivity contribution in [3.63, 3.8) is 0 Å². The van der Waals surface area contributed by atoms with Crippen LogP contribution in [0.5, 0.6) is 0 Å². The van der Waals surface area contributed by atoms with Gasteiger partial charge in [-0.3, -0.25) is 10.1 Å². The van der Waals surface area contributed by atoms with Crippen LogP contribution in [0.3, 0.4) is 0 Å². The van der Waals surface area contributed by atoms with Gasteiger partial charge in [0.05, 0.1) is 23.1 Å². The second kappa shape index (κ2) is 8.34. The lowest BCUT2D eigenvalue weighted by Crippen LogP contribution is -2.45. The number of urea groups is 1. The molecule has 0 bridgehead atoms.